The fourth-order valence-electron chi connectivity index (χ4n) is 4.92. The van der Waals surface area contributed by atoms with Gasteiger partial charge in [0.2, 0.25) is 5.91 Å². The van der Waals surface area contributed by atoms with E-state index < -0.39 is 0 Å². The van der Waals surface area contributed by atoms with E-state index in [-0.39, 0.29) is 5.91 Å². The summed E-state index contributed by atoms with van der Waals surface area (Å²) >= 11 is 0. The standard InChI is InChI=1S/C15H26N2O/c1-2-3-16-14(18)10-17-15-7-11-4-12(8-15)6-13(5-11)9-15/h11-13,17H,2-10H2,1H3,(H,16,18). The van der Waals surface area contributed by atoms with Crippen LogP contribution in [0.1, 0.15) is 51.9 Å². The zero-order valence-electron chi connectivity index (χ0n) is 11.5. The van der Waals surface area contributed by atoms with Crippen molar-refractivity contribution in [3.8, 4) is 0 Å². The second-order valence-electron chi connectivity index (χ2n) is 6.90. The van der Waals surface area contributed by atoms with Crippen molar-refractivity contribution in [2.24, 2.45) is 17.8 Å². The first-order valence-electron chi connectivity index (χ1n) is 7.71. The lowest BCUT2D eigenvalue weighted by Gasteiger charge is -2.57. The molecule has 4 fully saturated rings. The molecule has 4 aliphatic rings. The molecule has 3 nitrogen and oxygen atoms in total. The molecule has 3 heteroatoms. The first kappa shape index (κ1) is 12.5. The Morgan fingerprint density at radius 1 is 1.11 bits per heavy atom. The van der Waals surface area contributed by atoms with Crippen LogP contribution < -0.4 is 10.6 Å². The number of carbonyl (C=O) groups excluding carboxylic acids is 1. The largest absolute Gasteiger partial charge is 0.355 e. The Balaban J connectivity index is 1.54. The van der Waals surface area contributed by atoms with Crippen molar-refractivity contribution in [3.05, 3.63) is 0 Å². The summed E-state index contributed by atoms with van der Waals surface area (Å²) < 4.78 is 0. The maximum Gasteiger partial charge on any atom is 0.233 e. The van der Waals surface area contributed by atoms with Gasteiger partial charge in [-0.15, -0.1) is 0 Å². The molecule has 0 atom stereocenters. The normalized spacial score (nSPS) is 41.1. The van der Waals surface area contributed by atoms with E-state index in [0.717, 1.165) is 30.7 Å². The Morgan fingerprint density at radius 2 is 1.67 bits per heavy atom. The first-order valence-corrected chi connectivity index (χ1v) is 7.71. The van der Waals surface area contributed by atoms with Crippen LogP contribution in [0.15, 0.2) is 0 Å². The molecule has 0 aromatic heterocycles. The molecule has 0 saturated heterocycles. The number of hydrogen-bond donors (Lipinski definition) is 2. The smallest absolute Gasteiger partial charge is 0.233 e. The minimum absolute atomic E-state index is 0.174. The molecule has 18 heavy (non-hydrogen) atoms. The highest BCUT2D eigenvalue weighted by atomic mass is 16.1. The van der Waals surface area contributed by atoms with Crippen molar-refractivity contribution in [2.45, 2.75) is 57.4 Å². The van der Waals surface area contributed by atoms with Crippen molar-refractivity contribution < 1.29 is 4.79 Å². The molecule has 0 aromatic carbocycles. The van der Waals surface area contributed by atoms with Gasteiger partial charge in [-0.3, -0.25) is 4.79 Å². The Labute approximate surface area is 110 Å². The van der Waals surface area contributed by atoms with E-state index in [1.807, 2.05) is 0 Å². The van der Waals surface area contributed by atoms with Crippen molar-refractivity contribution in [1.29, 1.82) is 0 Å². The average molecular weight is 250 g/mol. The lowest BCUT2D eigenvalue weighted by atomic mass is 9.53. The van der Waals surface area contributed by atoms with Gasteiger partial charge in [-0.2, -0.15) is 0 Å². The van der Waals surface area contributed by atoms with Gasteiger partial charge in [-0.25, -0.2) is 0 Å². The van der Waals surface area contributed by atoms with Crippen LogP contribution in [0.3, 0.4) is 0 Å². The summed E-state index contributed by atoms with van der Waals surface area (Å²) in [7, 11) is 0. The van der Waals surface area contributed by atoms with Crippen LogP contribution in [0.2, 0.25) is 0 Å². The van der Waals surface area contributed by atoms with Crippen LogP contribution >= 0.6 is 0 Å². The van der Waals surface area contributed by atoms with Gasteiger partial charge in [-0.1, -0.05) is 6.92 Å². The van der Waals surface area contributed by atoms with E-state index in [2.05, 4.69) is 17.6 Å². The summed E-state index contributed by atoms with van der Waals surface area (Å²) in [6.07, 6.45) is 9.36. The van der Waals surface area contributed by atoms with E-state index >= 15 is 0 Å². The molecule has 1 amide bonds. The van der Waals surface area contributed by atoms with Crippen LogP contribution in [0.25, 0.3) is 0 Å². The summed E-state index contributed by atoms with van der Waals surface area (Å²) in [5, 5.41) is 6.59. The topological polar surface area (TPSA) is 41.1 Å². The third-order valence-electron chi connectivity index (χ3n) is 5.23. The molecule has 0 aliphatic heterocycles. The Hall–Kier alpha value is -0.570. The average Bonchev–Trinajstić information content (AvgIpc) is 2.32. The van der Waals surface area contributed by atoms with Gasteiger partial charge in [0.1, 0.15) is 0 Å². The van der Waals surface area contributed by atoms with Gasteiger partial charge in [0, 0.05) is 12.1 Å². The fourth-order valence-corrected chi connectivity index (χ4v) is 4.92. The van der Waals surface area contributed by atoms with Crippen LogP contribution in [0.5, 0.6) is 0 Å². The van der Waals surface area contributed by atoms with Crippen LogP contribution in [-0.2, 0) is 4.79 Å². The lowest BCUT2D eigenvalue weighted by Crippen LogP contribution is -2.59. The second kappa shape index (κ2) is 4.84. The zero-order chi connectivity index (χ0) is 12.6. The second-order valence-corrected chi connectivity index (χ2v) is 6.90. The van der Waals surface area contributed by atoms with Gasteiger partial charge < -0.3 is 10.6 Å². The predicted molar refractivity (Wildman–Crippen MR) is 72.2 cm³/mol. The summed E-state index contributed by atoms with van der Waals surface area (Å²) in [4.78, 5) is 11.7. The number of rotatable bonds is 5. The molecule has 0 aromatic rings. The van der Waals surface area contributed by atoms with Crippen LogP contribution in [0.4, 0.5) is 0 Å². The summed E-state index contributed by atoms with van der Waals surface area (Å²) in [6, 6.07) is 0. The van der Waals surface area contributed by atoms with Gasteiger partial charge >= 0.3 is 0 Å². The molecule has 4 rings (SSSR count). The van der Waals surface area contributed by atoms with Gasteiger partial charge in [0.15, 0.2) is 0 Å². The molecule has 4 saturated carbocycles. The third kappa shape index (κ3) is 2.42. The fraction of sp³-hybridized carbons (Fsp3) is 0.933. The minimum Gasteiger partial charge on any atom is -0.355 e. The first-order chi connectivity index (χ1) is 8.69. The molecule has 2 N–H and O–H groups in total. The summed E-state index contributed by atoms with van der Waals surface area (Å²) in [6.45, 7) is 3.42. The molecular weight excluding hydrogens is 224 g/mol. The number of amides is 1. The summed E-state index contributed by atoms with van der Waals surface area (Å²) in [5.41, 5.74) is 0.318. The molecule has 0 heterocycles. The molecule has 0 spiro atoms. The van der Waals surface area contributed by atoms with Crippen molar-refractivity contribution in [1.82, 2.24) is 10.6 Å². The predicted octanol–water partition coefficient (Wildman–Crippen LogP) is 2.07. The number of carbonyl (C=O) groups is 1. The lowest BCUT2D eigenvalue weighted by molar-refractivity contribution is -0.121. The summed E-state index contributed by atoms with van der Waals surface area (Å²) in [5.74, 6) is 3.01. The third-order valence-corrected chi connectivity index (χ3v) is 5.23. The monoisotopic (exact) mass is 250 g/mol. The SMILES string of the molecule is CCCNC(=O)CNC12CC3CC(CC(C3)C1)C2. The highest BCUT2D eigenvalue weighted by Crippen LogP contribution is 2.55. The van der Waals surface area contributed by atoms with Crippen LogP contribution in [-0.4, -0.2) is 24.5 Å². The number of nitrogens with one attached hydrogen (secondary N) is 2. The maximum atomic E-state index is 11.7. The van der Waals surface area contributed by atoms with Crippen LogP contribution in [0, 0.1) is 17.8 Å². The maximum absolute atomic E-state index is 11.7. The Morgan fingerprint density at radius 3 is 2.17 bits per heavy atom. The quantitative estimate of drug-likeness (QED) is 0.784. The molecule has 4 bridgehead atoms. The molecular formula is C15H26N2O. The molecule has 0 radical (unpaired) electrons. The van der Waals surface area contributed by atoms with E-state index in [1.54, 1.807) is 0 Å². The van der Waals surface area contributed by atoms with Crippen molar-refractivity contribution >= 4 is 5.91 Å². The highest BCUT2D eigenvalue weighted by molar-refractivity contribution is 5.78. The van der Waals surface area contributed by atoms with E-state index in [9.17, 15) is 4.79 Å². The van der Waals surface area contributed by atoms with E-state index in [4.69, 9.17) is 0 Å². The van der Waals surface area contributed by atoms with Crippen molar-refractivity contribution in [2.75, 3.05) is 13.1 Å². The van der Waals surface area contributed by atoms with Gasteiger partial charge in [-0.05, 0) is 62.7 Å². The number of hydrogen-bond acceptors (Lipinski definition) is 2. The molecule has 4 aliphatic carbocycles. The zero-order valence-corrected chi connectivity index (χ0v) is 11.5. The van der Waals surface area contributed by atoms with Gasteiger partial charge in [0.25, 0.3) is 0 Å². The minimum atomic E-state index is 0.174. The van der Waals surface area contributed by atoms with Crippen molar-refractivity contribution in [3.63, 3.8) is 0 Å². The highest BCUT2D eigenvalue weighted by Gasteiger charge is 2.50. The van der Waals surface area contributed by atoms with E-state index in [0.29, 0.717) is 12.1 Å². The van der Waals surface area contributed by atoms with Gasteiger partial charge in [0.05, 0.1) is 6.54 Å². The molecule has 0 unspecified atom stereocenters. The van der Waals surface area contributed by atoms with E-state index in [1.165, 1.54) is 38.5 Å². The Kier molecular flexibility index (Phi) is 3.35. The Bertz CT molecular complexity index is 291. The molecule has 102 valence electrons.